The van der Waals surface area contributed by atoms with E-state index >= 15 is 0 Å². The van der Waals surface area contributed by atoms with Gasteiger partial charge in [0.2, 0.25) is 0 Å². The highest BCUT2D eigenvalue weighted by Gasteiger charge is 2.41. The Kier molecular flexibility index (Phi) is 4.51. The number of carbonyl (C=O) groups is 1. The summed E-state index contributed by atoms with van der Waals surface area (Å²) in [5.74, 6) is 0.491. The molecular weight excluding hydrogens is 346 g/mol. The number of hydrazone groups is 1. The summed E-state index contributed by atoms with van der Waals surface area (Å²) in [7, 11) is 0. The van der Waals surface area contributed by atoms with Gasteiger partial charge in [-0.1, -0.05) is 0 Å². The monoisotopic (exact) mass is 369 g/mol. The Balaban J connectivity index is 1.71. The number of rotatable bonds is 4. The van der Waals surface area contributed by atoms with E-state index in [0.717, 1.165) is 37.3 Å². The van der Waals surface area contributed by atoms with Gasteiger partial charge in [-0.3, -0.25) is 9.99 Å². The van der Waals surface area contributed by atoms with Crippen LogP contribution in [0.2, 0.25) is 0 Å². The third-order valence-electron chi connectivity index (χ3n) is 5.03. The first-order chi connectivity index (χ1) is 13.1. The van der Waals surface area contributed by atoms with Gasteiger partial charge in [0.05, 0.1) is 12.8 Å². The molecule has 4 heterocycles. The first-order valence-corrected chi connectivity index (χ1v) is 9.25. The van der Waals surface area contributed by atoms with Gasteiger partial charge in [0, 0.05) is 24.9 Å². The van der Waals surface area contributed by atoms with Crippen molar-refractivity contribution in [3.05, 3.63) is 18.2 Å². The molecule has 2 aromatic heterocycles. The number of aromatic nitrogens is 4. The Hall–Kier alpha value is -2.97. The smallest absolute Gasteiger partial charge is 0.337 e. The summed E-state index contributed by atoms with van der Waals surface area (Å²) in [6.45, 7) is 5.80. The van der Waals surface area contributed by atoms with Crippen molar-refractivity contribution in [2.24, 2.45) is 5.10 Å². The largest absolute Gasteiger partial charge is 0.464 e. The molecule has 2 aromatic rings. The van der Waals surface area contributed by atoms with E-state index in [9.17, 15) is 4.79 Å². The zero-order chi connectivity index (χ0) is 18.9. The Labute approximate surface area is 157 Å². The summed E-state index contributed by atoms with van der Waals surface area (Å²) in [5, 5.41) is 4.05. The Morgan fingerprint density at radius 3 is 2.89 bits per heavy atom. The number of imidazole rings is 1. The van der Waals surface area contributed by atoms with E-state index in [1.54, 1.807) is 37.3 Å². The summed E-state index contributed by atoms with van der Waals surface area (Å²) < 4.78 is 6.99. The number of anilines is 1. The van der Waals surface area contributed by atoms with Crippen LogP contribution in [-0.2, 0) is 9.53 Å². The predicted octanol–water partition coefficient (Wildman–Crippen LogP) is 1.57. The van der Waals surface area contributed by atoms with Gasteiger partial charge in [0.25, 0.3) is 0 Å². The van der Waals surface area contributed by atoms with Crippen LogP contribution in [0, 0.1) is 0 Å². The van der Waals surface area contributed by atoms with Gasteiger partial charge in [-0.2, -0.15) is 5.10 Å². The molecule has 9 heteroatoms. The highest BCUT2D eigenvalue weighted by Crippen LogP contribution is 2.27. The molecule has 0 spiro atoms. The summed E-state index contributed by atoms with van der Waals surface area (Å²) in [5.41, 5.74) is 3.95. The fourth-order valence-corrected chi connectivity index (χ4v) is 3.45. The molecule has 27 heavy (non-hydrogen) atoms. The van der Waals surface area contributed by atoms with Crippen LogP contribution in [0.3, 0.4) is 0 Å². The second-order valence-electron chi connectivity index (χ2n) is 6.87. The zero-order valence-electron chi connectivity index (χ0n) is 15.6. The van der Waals surface area contributed by atoms with E-state index in [4.69, 9.17) is 4.74 Å². The first kappa shape index (κ1) is 17.4. The van der Waals surface area contributed by atoms with Gasteiger partial charge in [0.1, 0.15) is 12.7 Å². The van der Waals surface area contributed by atoms with Gasteiger partial charge in [-0.15, -0.1) is 0 Å². The Bertz CT molecular complexity index is 914. The van der Waals surface area contributed by atoms with Gasteiger partial charge >= 0.3 is 5.97 Å². The van der Waals surface area contributed by atoms with E-state index in [-0.39, 0.29) is 5.97 Å². The molecule has 0 bridgehead atoms. The average Bonchev–Trinajstić information content (AvgIpc) is 3.28. The maximum atomic E-state index is 12.4. The molecule has 2 aliphatic heterocycles. The minimum absolute atomic E-state index is 0.309. The molecule has 0 aromatic carbocycles. The lowest BCUT2D eigenvalue weighted by molar-refractivity contribution is -0.148. The van der Waals surface area contributed by atoms with E-state index in [1.807, 2.05) is 6.20 Å². The van der Waals surface area contributed by atoms with Crippen molar-refractivity contribution in [1.82, 2.24) is 24.9 Å². The van der Waals surface area contributed by atoms with Crippen LogP contribution in [-0.4, -0.2) is 56.9 Å². The number of ether oxygens (including phenoxy) is 1. The molecule has 0 radical (unpaired) electrons. The topological polar surface area (TPSA) is 97.5 Å². The van der Waals surface area contributed by atoms with Crippen LogP contribution in [0.25, 0.3) is 17.4 Å². The molecular formula is C18H23N7O2. The number of fused-ring (bicyclic) bond motifs is 1. The minimum Gasteiger partial charge on any atom is -0.464 e. The van der Waals surface area contributed by atoms with Crippen molar-refractivity contribution in [2.45, 2.75) is 38.6 Å². The lowest BCUT2D eigenvalue weighted by atomic mass is 9.95. The molecule has 1 atom stereocenters. The summed E-state index contributed by atoms with van der Waals surface area (Å²) in [6.07, 6.45) is 10.3. The first-order valence-electron chi connectivity index (χ1n) is 9.25. The van der Waals surface area contributed by atoms with Crippen molar-refractivity contribution in [3.63, 3.8) is 0 Å². The number of hydrogen-bond donors (Lipinski definition) is 1. The van der Waals surface area contributed by atoms with Crippen molar-refractivity contribution in [1.29, 1.82) is 0 Å². The van der Waals surface area contributed by atoms with Crippen molar-refractivity contribution in [2.75, 3.05) is 24.6 Å². The minimum atomic E-state index is -1.03. The second-order valence-corrected chi connectivity index (χ2v) is 6.87. The molecule has 4 rings (SSSR count). The Morgan fingerprint density at radius 2 is 2.11 bits per heavy atom. The number of hydrogen-bond acceptors (Lipinski definition) is 8. The number of piperidine rings is 1. The van der Waals surface area contributed by atoms with Crippen molar-refractivity contribution >= 4 is 35.4 Å². The normalized spacial score (nSPS) is 23.8. The van der Waals surface area contributed by atoms with Crippen molar-refractivity contribution in [3.8, 4) is 0 Å². The number of nitrogens with one attached hydrogen (secondary N) is 1. The highest BCUT2D eigenvalue weighted by molar-refractivity contribution is 6.01. The van der Waals surface area contributed by atoms with Crippen LogP contribution < -0.4 is 10.3 Å². The van der Waals surface area contributed by atoms with Gasteiger partial charge in [-0.05, 0) is 33.1 Å². The van der Waals surface area contributed by atoms with E-state index in [2.05, 4.69) is 30.4 Å². The maximum Gasteiger partial charge on any atom is 0.337 e. The van der Waals surface area contributed by atoms with Crippen LogP contribution in [0.1, 0.15) is 33.1 Å². The van der Waals surface area contributed by atoms with Crippen molar-refractivity contribution < 1.29 is 9.53 Å². The van der Waals surface area contributed by atoms with Crippen LogP contribution >= 0.6 is 0 Å². The molecule has 142 valence electrons. The summed E-state index contributed by atoms with van der Waals surface area (Å²) in [4.78, 5) is 28.0. The fraction of sp³-hybridized carbons (Fsp3) is 0.500. The third-order valence-corrected chi connectivity index (χ3v) is 5.03. The molecule has 1 N–H and O–H groups in total. The second kappa shape index (κ2) is 6.98. The average molecular weight is 369 g/mol. The van der Waals surface area contributed by atoms with Crippen LogP contribution in [0.4, 0.5) is 5.82 Å². The van der Waals surface area contributed by atoms with Crippen LogP contribution in [0.15, 0.2) is 23.3 Å². The summed E-state index contributed by atoms with van der Waals surface area (Å²) in [6, 6.07) is 0. The number of carbonyl (C=O) groups excluding carboxylic acids is 1. The lowest BCUT2D eigenvalue weighted by Crippen LogP contribution is -2.46. The molecule has 1 unspecified atom stereocenters. The van der Waals surface area contributed by atoms with E-state index < -0.39 is 5.54 Å². The Morgan fingerprint density at radius 1 is 1.30 bits per heavy atom. The molecule has 0 amide bonds. The maximum absolute atomic E-state index is 12.4. The van der Waals surface area contributed by atoms with Gasteiger partial charge < -0.3 is 9.64 Å². The number of esters is 1. The van der Waals surface area contributed by atoms with Gasteiger partial charge in [-0.25, -0.2) is 19.7 Å². The number of nitrogens with zero attached hydrogens (tertiary/aromatic N) is 6. The standard InChI is InChI=1S/C18H23N7O2/c1-3-27-17(26)18(2)13(9-22-23-18)10-25-12-21-14-15(19-11-20-16(14)25)24-7-5-4-6-8-24/h9-12,23H,3-8H2,1-2H3/b13-10+. The van der Waals surface area contributed by atoms with Crippen LogP contribution in [0.5, 0.6) is 0 Å². The third kappa shape index (κ3) is 3.02. The highest BCUT2D eigenvalue weighted by atomic mass is 16.5. The quantitative estimate of drug-likeness (QED) is 0.817. The SMILES string of the molecule is CCOC(=O)C1(C)NN=C/C1=C\n1cnc2c(N3CCCCC3)ncnc21. The molecule has 0 saturated carbocycles. The molecule has 9 nitrogen and oxygen atoms in total. The predicted molar refractivity (Wildman–Crippen MR) is 102 cm³/mol. The molecule has 2 aliphatic rings. The molecule has 1 saturated heterocycles. The molecule has 1 fully saturated rings. The van der Waals surface area contributed by atoms with E-state index in [0.29, 0.717) is 17.8 Å². The fourth-order valence-electron chi connectivity index (χ4n) is 3.45. The summed E-state index contributed by atoms with van der Waals surface area (Å²) >= 11 is 0. The zero-order valence-corrected chi connectivity index (χ0v) is 15.6. The lowest BCUT2D eigenvalue weighted by Gasteiger charge is -2.27. The van der Waals surface area contributed by atoms with Gasteiger partial charge in [0.15, 0.2) is 22.5 Å². The van der Waals surface area contributed by atoms with E-state index in [1.165, 1.54) is 6.42 Å². The molecule has 0 aliphatic carbocycles.